The first-order chi connectivity index (χ1) is 16.4. The average molecular weight is 503 g/mol. The first-order valence-corrected chi connectivity index (χ1v) is 11.6. The number of fused-ring (bicyclic) bond motifs is 1. The summed E-state index contributed by atoms with van der Waals surface area (Å²) in [6.45, 7) is 6.86. The third kappa shape index (κ3) is 5.45. The van der Waals surface area contributed by atoms with E-state index in [0.717, 1.165) is 12.8 Å². The maximum absolute atomic E-state index is 13.1. The lowest BCUT2D eigenvalue weighted by Gasteiger charge is -2.34. The Labute approximate surface area is 206 Å². The van der Waals surface area contributed by atoms with Crippen LogP contribution in [0.25, 0.3) is 16.8 Å². The van der Waals surface area contributed by atoms with Crippen LogP contribution < -0.4 is 10.9 Å². The second-order valence-corrected chi connectivity index (χ2v) is 10.2. The van der Waals surface area contributed by atoms with Crippen molar-refractivity contribution in [2.45, 2.75) is 64.6 Å². The maximum Gasteiger partial charge on any atom is 0.329 e. The maximum atomic E-state index is 13.1. The topological polar surface area (TPSA) is 141 Å². The number of rotatable bonds is 7. The number of hydrogen-bond donors (Lipinski definition) is 2. The monoisotopic (exact) mass is 502 g/mol. The number of nitrogens with zero attached hydrogens (tertiary/aromatic N) is 5. The molecule has 1 saturated carbocycles. The lowest BCUT2D eigenvalue weighted by atomic mass is 9.78. The van der Waals surface area contributed by atoms with Crippen LogP contribution in [0.1, 0.15) is 53.0 Å². The third-order valence-corrected chi connectivity index (χ3v) is 6.05. The lowest BCUT2D eigenvalue weighted by molar-refractivity contribution is -0.158. The summed E-state index contributed by atoms with van der Waals surface area (Å²) in [5.41, 5.74) is 0.137. The zero-order valence-corrected chi connectivity index (χ0v) is 20.6. The highest BCUT2D eigenvalue weighted by Crippen LogP contribution is 2.33. The molecular weight excluding hydrogens is 476 g/mol. The summed E-state index contributed by atoms with van der Waals surface area (Å²) in [6.07, 6.45) is 6.00. The molecular formula is C23H27ClN6O5. The number of nitrogens with one attached hydrogen (secondary N) is 1. The molecule has 1 aliphatic carbocycles. The standard InChI is InChI=1S/C23H27ClN6O5/c1-12(21(34)35-23(2,3)4)29-11-26-30-10-14(8-17(30)20(29)33)19-16(24)9-25-22(28-19)27-15-5-13(6-15)7-18(31)32/h8-13,15H,5-7H2,1-4H3,(H,31,32)(H,25,27,28). The van der Waals surface area contributed by atoms with Crippen LogP contribution in [0.5, 0.6) is 0 Å². The largest absolute Gasteiger partial charge is 0.481 e. The quantitative estimate of drug-likeness (QED) is 0.466. The molecule has 0 aliphatic heterocycles. The highest BCUT2D eigenvalue weighted by atomic mass is 35.5. The van der Waals surface area contributed by atoms with Gasteiger partial charge < -0.3 is 15.2 Å². The molecule has 0 bridgehead atoms. The molecule has 0 radical (unpaired) electrons. The highest BCUT2D eigenvalue weighted by Gasteiger charge is 2.31. The van der Waals surface area contributed by atoms with Gasteiger partial charge in [-0.3, -0.25) is 14.2 Å². The highest BCUT2D eigenvalue weighted by molar-refractivity contribution is 6.32. The van der Waals surface area contributed by atoms with E-state index in [1.165, 1.54) is 21.6 Å². The summed E-state index contributed by atoms with van der Waals surface area (Å²) < 4.78 is 8.03. The van der Waals surface area contributed by atoms with E-state index in [2.05, 4.69) is 20.4 Å². The summed E-state index contributed by atoms with van der Waals surface area (Å²) in [5, 5.41) is 16.7. The number of carbonyl (C=O) groups excluding carboxylic acids is 1. The molecule has 1 aliphatic rings. The zero-order chi connectivity index (χ0) is 25.5. The Morgan fingerprint density at radius 2 is 2.06 bits per heavy atom. The number of aliphatic carboxylic acids is 1. The number of carbonyl (C=O) groups is 2. The summed E-state index contributed by atoms with van der Waals surface area (Å²) in [5.74, 6) is -0.826. The Balaban J connectivity index is 1.57. The number of ether oxygens (including phenoxy) is 1. The number of carboxylic acid groups (broad SMARTS) is 1. The van der Waals surface area contributed by atoms with Crippen molar-refractivity contribution >= 4 is 35.0 Å². The normalized spacial score (nSPS) is 18.7. The van der Waals surface area contributed by atoms with Gasteiger partial charge in [0.1, 0.15) is 23.5 Å². The number of esters is 1. The van der Waals surface area contributed by atoms with E-state index in [1.54, 1.807) is 40.0 Å². The van der Waals surface area contributed by atoms with Gasteiger partial charge in [-0.05, 0) is 52.5 Å². The van der Waals surface area contributed by atoms with Crippen molar-refractivity contribution in [3.05, 3.63) is 40.2 Å². The molecule has 0 amide bonds. The van der Waals surface area contributed by atoms with Gasteiger partial charge in [0.05, 0.1) is 16.9 Å². The minimum absolute atomic E-state index is 0.0877. The van der Waals surface area contributed by atoms with Crippen LogP contribution >= 0.6 is 11.6 Å². The van der Waals surface area contributed by atoms with Crippen LogP contribution in [0.15, 0.2) is 29.6 Å². The Bertz CT molecular complexity index is 1340. The zero-order valence-electron chi connectivity index (χ0n) is 19.9. The summed E-state index contributed by atoms with van der Waals surface area (Å²) in [7, 11) is 0. The molecule has 1 atom stereocenters. The Kier molecular flexibility index (Phi) is 6.54. The predicted octanol–water partition coefficient (Wildman–Crippen LogP) is 3.17. The fraction of sp³-hybridized carbons (Fsp3) is 0.478. The predicted molar refractivity (Wildman–Crippen MR) is 128 cm³/mol. The summed E-state index contributed by atoms with van der Waals surface area (Å²) in [6, 6.07) is 0.839. The molecule has 2 N–H and O–H groups in total. The van der Waals surface area contributed by atoms with Gasteiger partial charge in [0.15, 0.2) is 0 Å². The van der Waals surface area contributed by atoms with Crippen molar-refractivity contribution in [3.8, 4) is 11.3 Å². The van der Waals surface area contributed by atoms with Gasteiger partial charge in [-0.2, -0.15) is 5.10 Å². The van der Waals surface area contributed by atoms with Crippen molar-refractivity contribution in [2.24, 2.45) is 5.92 Å². The fourth-order valence-corrected chi connectivity index (χ4v) is 4.20. The average Bonchev–Trinajstić information content (AvgIpc) is 3.17. The van der Waals surface area contributed by atoms with Crippen LogP contribution in [0, 0.1) is 5.92 Å². The van der Waals surface area contributed by atoms with Gasteiger partial charge in [0, 0.05) is 24.2 Å². The van der Waals surface area contributed by atoms with E-state index in [4.69, 9.17) is 21.4 Å². The number of aromatic nitrogens is 5. The number of carboxylic acids is 1. The van der Waals surface area contributed by atoms with Crippen molar-refractivity contribution < 1.29 is 19.4 Å². The molecule has 0 spiro atoms. The van der Waals surface area contributed by atoms with Gasteiger partial charge >= 0.3 is 11.9 Å². The molecule has 0 aromatic carbocycles. The molecule has 4 rings (SSSR count). The first-order valence-electron chi connectivity index (χ1n) is 11.2. The Morgan fingerprint density at radius 1 is 1.34 bits per heavy atom. The molecule has 12 heteroatoms. The molecule has 3 aromatic rings. The second kappa shape index (κ2) is 9.29. The molecule has 3 aromatic heterocycles. The Hall–Kier alpha value is -3.47. The van der Waals surface area contributed by atoms with Crippen LogP contribution in [-0.2, 0) is 14.3 Å². The molecule has 1 fully saturated rings. The molecule has 0 saturated heterocycles. The molecule has 3 heterocycles. The lowest BCUT2D eigenvalue weighted by Crippen LogP contribution is -2.37. The summed E-state index contributed by atoms with van der Waals surface area (Å²) in [4.78, 5) is 45.1. The number of hydrogen-bond acceptors (Lipinski definition) is 8. The molecule has 35 heavy (non-hydrogen) atoms. The van der Waals surface area contributed by atoms with Crippen molar-refractivity contribution in [3.63, 3.8) is 0 Å². The van der Waals surface area contributed by atoms with Crippen LogP contribution in [0.2, 0.25) is 5.02 Å². The van der Waals surface area contributed by atoms with Gasteiger partial charge in [0.2, 0.25) is 5.95 Å². The van der Waals surface area contributed by atoms with Crippen molar-refractivity contribution in [1.82, 2.24) is 24.1 Å². The third-order valence-electron chi connectivity index (χ3n) is 5.77. The van der Waals surface area contributed by atoms with E-state index in [1.807, 2.05) is 0 Å². The Morgan fingerprint density at radius 3 is 2.71 bits per heavy atom. The smallest absolute Gasteiger partial charge is 0.329 e. The van der Waals surface area contributed by atoms with E-state index >= 15 is 0 Å². The first kappa shape index (κ1) is 24.6. The minimum atomic E-state index is -0.858. The number of anilines is 1. The van der Waals surface area contributed by atoms with E-state index in [-0.39, 0.29) is 23.9 Å². The van der Waals surface area contributed by atoms with Gasteiger partial charge in [0.25, 0.3) is 5.56 Å². The van der Waals surface area contributed by atoms with Gasteiger partial charge in [-0.1, -0.05) is 11.6 Å². The van der Waals surface area contributed by atoms with Crippen molar-refractivity contribution in [2.75, 3.05) is 5.32 Å². The van der Waals surface area contributed by atoms with Crippen molar-refractivity contribution in [1.29, 1.82) is 0 Å². The van der Waals surface area contributed by atoms with E-state index in [0.29, 0.717) is 22.2 Å². The molecule has 1 unspecified atom stereocenters. The number of halogens is 1. The van der Waals surface area contributed by atoms with E-state index in [9.17, 15) is 14.4 Å². The van der Waals surface area contributed by atoms with Gasteiger partial charge in [-0.15, -0.1) is 0 Å². The van der Waals surface area contributed by atoms with Crippen LogP contribution in [0.3, 0.4) is 0 Å². The summed E-state index contributed by atoms with van der Waals surface area (Å²) >= 11 is 6.36. The van der Waals surface area contributed by atoms with Crippen LogP contribution in [0.4, 0.5) is 5.95 Å². The minimum Gasteiger partial charge on any atom is -0.481 e. The SMILES string of the molecule is CC(C(=O)OC(C)(C)C)n1cnn2cc(-c3nc(NC4CC(CC(=O)O)C4)ncc3Cl)cc2c1=O. The van der Waals surface area contributed by atoms with E-state index < -0.39 is 29.1 Å². The van der Waals surface area contributed by atoms with Crippen LogP contribution in [-0.4, -0.2) is 52.8 Å². The van der Waals surface area contributed by atoms with Gasteiger partial charge in [-0.25, -0.2) is 19.3 Å². The molecule has 11 nitrogen and oxygen atoms in total. The second-order valence-electron chi connectivity index (χ2n) is 9.78. The molecule has 186 valence electrons. The fourth-order valence-electron chi connectivity index (χ4n) is 4.00.